The van der Waals surface area contributed by atoms with Crippen LogP contribution in [0.1, 0.15) is 64.7 Å². The summed E-state index contributed by atoms with van der Waals surface area (Å²) in [6, 6.07) is 0. The Balaban J connectivity index is 1.62. The van der Waals surface area contributed by atoms with Gasteiger partial charge in [-0.3, -0.25) is 4.79 Å². The highest BCUT2D eigenvalue weighted by atomic mass is 32.2. The molecule has 0 N–H and O–H groups in total. The summed E-state index contributed by atoms with van der Waals surface area (Å²) in [6.07, 6.45) is 10.9. The predicted octanol–water partition coefficient (Wildman–Crippen LogP) is 4.64. The van der Waals surface area contributed by atoms with Gasteiger partial charge in [-0.15, -0.1) is 11.8 Å². The Morgan fingerprint density at radius 2 is 1.95 bits per heavy atom. The molecule has 0 aromatic rings. The van der Waals surface area contributed by atoms with Gasteiger partial charge in [0.05, 0.1) is 19.6 Å². The monoisotopic (exact) mass is 328 g/mol. The van der Waals surface area contributed by atoms with Crippen LogP contribution in [-0.4, -0.2) is 30.9 Å². The van der Waals surface area contributed by atoms with E-state index >= 15 is 0 Å². The minimum atomic E-state index is -0.0252. The van der Waals surface area contributed by atoms with E-state index in [0.29, 0.717) is 11.4 Å². The molecule has 128 valence electrons. The molecular weight excluding hydrogens is 296 g/mol. The fraction of sp³-hybridized carbons (Fsp3) is 0.944. The third kappa shape index (κ3) is 5.45. The molecule has 0 radical (unpaired) electrons. The number of esters is 1. The third-order valence-electron chi connectivity index (χ3n) is 5.15. The quantitative estimate of drug-likeness (QED) is 0.504. The van der Waals surface area contributed by atoms with E-state index < -0.39 is 0 Å². The third-order valence-corrected chi connectivity index (χ3v) is 6.66. The van der Waals surface area contributed by atoms with Crippen molar-refractivity contribution >= 4 is 17.7 Å². The van der Waals surface area contributed by atoms with Gasteiger partial charge in [-0.05, 0) is 43.9 Å². The number of ether oxygens (including phenoxy) is 2. The van der Waals surface area contributed by atoms with E-state index in [9.17, 15) is 4.79 Å². The van der Waals surface area contributed by atoms with Crippen LogP contribution in [0.4, 0.5) is 0 Å². The van der Waals surface area contributed by atoms with E-state index in [-0.39, 0.29) is 11.9 Å². The van der Waals surface area contributed by atoms with E-state index in [1.165, 1.54) is 45.0 Å². The first-order chi connectivity index (χ1) is 10.7. The van der Waals surface area contributed by atoms with E-state index in [0.717, 1.165) is 38.2 Å². The van der Waals surface area contributed by atoms with Crippen molar-refractivity contribution in [1.82, 2.24) is 0 Å². The van der Waals surface area contributed by atoms with Crippen molar-refractivity contribution in [3.05, 3.63) is 0 Å². The van der Waals surface area contributed by atoms with Crippen molar-refractivity contribution in [3.63, 3.8) is 0 Å². The lowest BCUT2D eigenvalue weighted by atomic mass is 9.82. The summed E-state index contributed by atoms with van der Waals surface area (Å²) in [5.41, 5.74) is 0.366. The molecule has 2 atom stereocenters. The lowest BCUT2D eigenvalue weighted by Crippen LogP contribution is -2.34. The molecular formula is C18H32O3S. The number of carbonyl (C=O) groups excluding carboxylic acids is 1. The Kier molecular flexibility index (Phi) is 8.09. The summed E-state index contributed by atoms with van der Waals surface area (Å²) in [6.45, 7) is 3.21. The molecule has 1 aliphatic heterocycles. The molecule has 1 saturated carbocycles. The Morgan fingerprint density at radius 3 is 2.55 bits per heavy atom. The average molecular weight is 329 g/mol. The molecule has 0 unspecified atom stereocenters. The van der Waals surface area contributed by atoms with E-state index in [4.69, 9.17) is 9.47 Å². The van der Waals surface area contributed by atoms with E-state index in [1.54, 1.807) is 0 Å². The molecule has 0 aromatic heterocycles. The Bertz CT molecular complexity index is 318. The lowest BCUT2D eigenvalue weighted by molar-refractivity contribution is -0.147. The highest BCUT2D eigenvalue weighted by molar-refractivity contribution is 7.99. The highest BCUT2D eigenvalue weighted by Gasteiger charge is 2.34. The summed E-state index contributed by atoms with van der Waals surface area (Å²) >= 11 is 2.02. The van der Waals surface area contributed by atoms with Gasteiger partial charge in [0.15, 0.2) is 0 Å². The molecule has 4 heteroatoms. The van der Waals surface area contributed by atoms with Crippen molar-refractivity contribution in [2.24, 2.45) is 17.8 Å². The van der Waals surface area contributed by atoms with Crippen molar-refractivity contribution < 1.29 is 14.3 Å². The highest BCUT2D eigenvalue weighted by Crippen LogP contribution is 2.39. The molecule has 2 rings (SSSR count). The second-order valence-corrected chi connectivity index (χ2v) is 8.02. The van der Waals surface area contributed by atoms with Gasteiger partial charge in [0.1, 0.15) is 5.44 Å². The van der Waals surface area contributed by atoms with Crippen LogP contribution in [-0.2, 0) is 14.3 Å². The van der Waals surface area contributed by atoms with Gasteiger partial charge < -0.3 is 9.47 Å². The summed E-state index contributed by atoms with van der Waals surface area (Å²) in [5, 5.41) is 0. The molecule has 0 spiro atoms. The summed E-state index contributed by atoms with van der Waals surface area (Å²) < 4.78 is 11.0. The zero-order valence-corrected chi connectivity index (χ0v) is 15.0. The molecule has 3 nitrogen and oxygen atoms in total. The molecule has 2 aliphatic rings. The number of carbonyl (C=O) groups is 1. The lowest BCUT2D eigenvalue weighted by Gasteiger charge is -2.36. The number of rotatable bonds is 7. The number of hydrogen-bond donors (Lipinski definition) is 0. The van der Waals surface area contributed by atoms with E-state index in [2.05, 4.69) is 6.92 Å². The second-order valence-electron chi connectivity index (χ2n) is 6.89. The van der Waals surface area contributed by atoms with Crippen molar-refractivity contribution in [2.75, 3.05) is 19.5 Å². The maximum Gasteiger partial charge on any atom is 0.308 e. The van der Waals surface area contributed by atoms with Gasteiger partial charge in [-0.25, -0.2) is 0 Å². The van der Waals surface area contributed by atoms with Crippen molar-refractivity contribution in [1.29, 1.82) is 0 Å². The Hall–Kier alpha value is -0.220. The van der Waals surface area contributed by atoms with Crippen LogP contribution in [0.2, 0.25) is 0 Å². The standard InChI is InChI=1S/C18H32O3S/c1-3-4-5-6-7-14-12-21-18(22-13-14)16-10-8-15(9-11-16)17(19)20-2/h14-16,18H,3-13H2,1-2H3/t14-,15?,16?,18-/m1/s1. The normalized spacial score (nSPS) is 32.6. The predicted molar refractivity (Wildman–Crippen MR) is 91.9 cm³/mol. The SMILES string of the molecule is CCCCCC[C@@H]1CO[C@@H](C2CCC(C(=O)OC)CC2)SC1. The topological polar surface area (TPSA) is 35.5 Å². The number of unbranched alkanes of at least 4 members (excludes halogenated alkanes) is 3. The van der Waals surface area contributed by atoms with Gasteiger partial charge in [0, 0.05) is 5.75 Å². The molecule has 0 amide bonds. The minimum absolute atomic E-state index is 0.0252. The number of thioether (sulfide) groups is 1. The van der Waals surface area contributed by atoms with Crippen LogP contribution < -0.4 is 0 Å². The molecule has 22 heavy (non-hydrogen) atoms. The van der Waals surface area contributed by atoms with Crippen molar-refractivity contribution in [3.8, 4) is 0 Å². The van der Waals surface area contributed by atoms with Crippen LogP contribution in [0.15, 0.2) is 0 Å². The van der Waals surface area contributed by atoms with Gasteiger partial charge >= 0.3 is 5.97 Å². The van der Waals surface area contributed by atoms with Gasteiger partial charge in [0.25, 0.3) is 0 Å². The Labute approximate surface area is 139 Å². The maximum absolute atomic E-state index is 11.6. The van der Waals surface area contributed by atoms with Crippen LogP contribution >= 0.6 is 11.8 Å². The maximum atomic E-state index is 11.6. The Morgan fingerprint density at radius 1 is 1.18 bits per heavy atom. The van der Waals surface area contributed by atoms with Crippen LogP contribution in [0.25, 0.3) is 0 Å². The minimum Gasteiger partial charge on any atom is -0.469 e. The second kappa shape index (κ2) is 9.82. The van der Waals surface area contributed by atoms with Crippen LogP contribution in [0.3, 0.4) is 0 Å². The fourth-order valence-electron chi connectivity index (χ4n) is 3.65. The molecule has 2 fully saturated rings. The largest absolute Gasteiger partial charge is 0.469 e. The molecule has 1 heterocycles. The van der Waals surface area contributed by atoms with Crippen molar-refractivity contribution in [2.45, 2.75) is 70.1 Å². The first-order valence-corrected chi connectivity index (χ1v) is 10.1. The first-order valence-electron chi connectivity index (χ1n) is 9.05. The van der Waals surface area contributed by atoms with E-state index in [1.807, 2.05) is 11.8 Å². The first kappa shape index (κ1) is 18.1. The molecule has 0 aromatic carbocycles. The zero-order valence-electron chi connectivity index (χ0n) is 14.2. The molecule has 1 aliphatic carbocycles. The van der Waals surface area contributed by atoms with Gasteiger partial charge in [-0.1, -0.05) is 32.6 Å². The smallest absolute Gasteiger partial charge is 0.308 e. The molecule has 0 bridgehead atoms. The fourth-order valence-corrected chi connectivity index (χ4v) is 5.09. The van der Waals surface area contributed by atoms with Gasteiger partial charge in [0.2, 0.25) is 0 Å². The summed E-state index contributed by atoms with van der Waals surface area (Å²) in [4.78, 5) is 11.6. The van der Waals surface area contributed by atoms with Crippen LogP contribution in [0, 0.1) is 17.8 Å². The van der Waals surface area contributed by atoms with Gasteiger partial charge in [-0.2, -0.15) is 0 Å². The molecule has 1 saturated heterocycles. The van der Waals surface area contributed by atoms with Crippen LogP contribution in [0.5, 0.6) is 0 Å². The number of methoxy groups -OCH3 is 1. The average Bonchev–Trinajstić information content (AvgIpc) is 2.59. The number of hydrogen-bond acceptors (Lipinski definition) is 4. The summed E-state index contributed by atoms with van der Waals surface area (Å²) in [7, 11) is 1.50. The summed E-state index contributed by atoms with van der Waals surface area (Å²) in [5.74, 6) is 2.74. The zero-order chi connectivity index (χ0) is 15.8.